The molecule has 25 heavy (non-hydrogen) atoms. The Morgan fingerprint density at radius 2 is 1.80 bits per heavy atom. The van der Waals surface area contributed by atoms with Gasteiger partial charge in [-0.25, -0.2) is 18.5 Å². The first-order valence-electron chi connectivity index (χ1n) is 7.30. The van der Waals surface area contributed by atoms with E-state index in [0.29, 0.717) is 16.2 Å². The highest BCUT2D eigenvalue weighted by Crippen LogP contribution is 2.36. The van der Waals surface area contributed by atoms with E-state index >= 15 is 0 Å². The summed E-state index contributed by atoms with van der Waals surface area (Å²) in [5.74, 6) is -1.67. The van der Waals surface area contributed by atoms with Crippen LogP contribution in [0.3, 0.4) is 0 Å². The van der Waals surface area contributed by atoms with Crippen LogP contribution in [0.2, 0.25) is 0 Å². The van der Waals surface area contributed by atoms with E-state index in [2.05, 4.69) is 15.9 Å². The number of carbonyl (C=O) groups is 1. The van der Waals surface area contributed by atoms with Gasteiger partial charge >= 0.3 is 6.09 Å². The van der Waals surface area contributed by atoms with E-state index in [1.165, 1.54) is 18.2 Å². The molecule has 2 aromatic rings. The first-order valence-corrected chi connectivity index (χ1v) is 8.09. The number of anilines is 3. The Kier molecular flexibility index (Phi) is 5.64. The number of rotatable bonds is 3. The number of benzene rings is 2. The number of nitrogens with one attached hydrogen (secondary N) is 1. The number of hydrogen-bond acceptors (Lipinski definition) is 4. The zero-order valence-corrected chi connectivity index (χ0v) is 15.4. The molecule has 0 unspecified atom stereocenters. The molecule has 1 amide bonds. The molecule has 0 aliphatic carbocycles. The zero-order valence-electron chi connectivity index (χ0n) is 13.8. The molecule has 0 saturated carbocycles. The SMILES string of the molecule is CC(C)(C)OC(=O)N(c1ccc(F)cc1F)c1ccc(NO)cc1Br. The molecule has 5 nitrogen and oxygen atoms in total. The highest BCUT2D eigenvalue weighted by molar-refractivity contribution is 9.10. The maximum atomic E-state index is 14.3. The predicted octanol–water partition coefficient (Wildman–Crippen LogP) is 5.60. The lowest BCUT2D eigenvalue weighted by atomic mass is 10.2. The van der Waals surface area contributed by atoms with E-state index in [-0.39, 0.29) is 11.4 Å². The molecule has 2 rings (SSSR count). The van der Waals surface area contributed by atoms with Gasteiger partial charge in [0, 0.05) is 10.5 Å². The van der Waals surface area contributed by atoms with Gasteiger partial charge in [0.1, 0.15) is 17.2 Å². The molecule has 2 aromatic carbocycles. The lowest BCUT2D eigenvalue weighted by Crippen LogP contribution is -2.34. The smallest absolute Gasteiger partial charge is 0.419 e. The van der Waals surface area contributed by atoms with E-state index in [1.807, 2.05) is 5.48 Å². The summed E-state index contributed by atoms with van der Waals surface area (Å²) in [7, 11) is 0. The van der Waals surface area contributed by atoms with Gasteiger partial charge in [0.15, 0.2) is 0 Å². The first kappa shape index (κ1) is 19.1. The van der Waals surface area contributed by atoms with Crippen molar-refractivity contribution >= 4 is 39.1 Å². The van der Waals surface area contributed by atoms with Crippen molar-refractivity contribution in [1.82, 2.24) is 0 Å². The monoisotopic (exact) mass is 414 g/mol. The molecule has 0 saturated heterocycles. The molecule has 2 N–H and O–H groups in total. The van der Waals surface area contributed by atoms with Crippen LogP contribution in [-0.2, 0) is 4.74 Å². The molecule has 0 aliphatic rings. The summed E-state index contributed by atoms with van der Waals surface area (Å²) in [5, 5.41) is 8.97. The van der Waals surface area contributed by atoms with Crippen LogP contribution in [0.25, 0.3) is 0 Å². The minimum Gasteiger partial charge on any atom is -0.443 e. The maximum absolute atomic E-state index is 14.3. The van der Waals surface area contributed by atoms with Crippen LogP contribution in [0.1, 0.15) is 20.8 Å². The Bertz CT molecular complexity index is 794. The van der Waals surface area contributed by atoms with Crippen molar-refractivity contribution in [3.63, 3.8) is 0 Å². The van der Waals surface area contributed by atoms with Gasteiger partial charge in [0.25, 0.3) is 0 Å². The van der Waals surface area contributed by atoms with Crippen LogP contribution in [-0.4, -0.2) is 16.9 Å². The van der Waals surface area contributed by atoms with Gasteiger partial charge in [-0.15, -0.1) is 0 Å². The molecule has 134 valence electrons. The molecule has 0 radical (unpaired) electrons. The van der Waals surface area contributed by atoms with Crippen molar-refractivity contribution in [2.75, 3.05) is 10.4 Å². The van der Waals surface area contributed by atoms with Crippen LogP contribution < -0.4 is 10.4 Å². The highest BCUT2D eigenvalue weighted by Gasteiger charge is 2.28. The lowest BCUT2D eigenvalue weighted by molar-refractivity contribution is 0.0598. The van der Waals surface area contributed by atoms with Crippen LogP contribution in [0.4, 0.5) is 30.6 Å². The van der Waals surface area contributed by atoms with E-state index in [4.69, 9.17) is 9.94 Å². The third-order valence-electron chi connectivity index (χ3n) is 3.04. The number of amides is 1. The van der Waals surface area contributed by atoms with Gasteiger partial charge in [-0.3, -0.25) is 10.7 Å². The molecule has 0 aromatic heterocycles. The highest BCUT2D eigenvalue weighted by atomic mass is 79.9. The van der Waals surface area contributed by atoms with Gasteiger partial charge in [-0.2, -0.15) is 0 Å². The Morgan fingerprint density at radius 1 is 1.16 bits per heavy atom. The van der Waals surface area contributed by atoms with Crippen molar-refractivity contribution < 1.29 is 23.5 Å². The van der Waals surface area contributed by atoms with Gasteiger partial charge in [0.2, 0.25) is 0 Å². The number of ether oxygens (including phenoxy) is 1. The second kappa shape index (κ2) is 7.37. The van der Waals surface area contributed by atoms with E-state index in [0.717, 1.165) is 17.0 Å². The summed E-state index contributed by atoms with van der Waals surface area (Å²) in [4.78, 5) is 13.7. The van der Waals surface area contributed by atoms with E-state index in [1.54, 1.807) is 20.8 Å². The van der Waals surface area contributed by atoms with E-state index < -0.39 is 23.3 Å². The van der Waals surface area contributed by atoms with Crippen LogP contribution in [0.15, 0.2) is 40.9 Å². The Balaban J connectivity index is 2.58. The number of nitrogens with zero attached hydrogens (tertiary/aromatic N) is 1. The number of carbonyl (C=O) groups excluding carboxylic acids is 1. The van der Waals surface area contributed by atoms with Crippen molar-refractivity contribution in [3.05, 3.63) is 52.5 Å². The summed E-state index contributed by atoms with van der Waals surface area (Å²) < 4.78 is 33.3. The van der Waals surface area contributed by atoms with Crippen molar-refractivity contribution in [3.8, 4) is 0 Å². The van der Waals surface area contributed by atoms with Crippen LogP contribution in [0, 0.1) is 11.6 Å². The fourth-order valence-electron chi connectivity index (χ4n) is 2.05. The summed E-state index contributed by atoms with van der Waals surface area (Å²) >= 11 is 3.28. The second-order valence-electron chi connectivity index (χ2n) is 6.19. The van der Waals surface area contributed by atoms with Gasteiger partial charge < -0.3 is 4.74 Å². The Morgan fingerprint density at radius 3 is 2.32 bits per heavy atom. The molecule has 0 aliphatic heterocycles. The summed E-state index contributed by atoms with van der Waals surface area (Å²) in [5.41, 5.74) is 1.61. The summed E-state index contributed by atoms with van der Waals surface area (Å²) in [6.07, 6.45) is -0.830. The Labute approximate surface area is 152 Å². The van der Waals surface area contributed by atoms with Crippen LogP contribution in [0.5, 0.6) is 0 Å². The molecule has 0 atom stereocenters. The van der Waals surface area contributed by atoms with E-state index in [9.17, 15) is 13.6 Å². The van der Waals surface area contributed by atoms with Crippen molar-refractivity contribution in [2.24, 2.45) is 0 Å². The fraction of sp³-hybridized carbons (Fsp3) is 0.235. The van der Waals surface area contributed by atoms with Gasteiger partial charge in [-0.1, -0.05) is 0 Å². The lowest BCUT2D eigenvalue weighted by Gasteiger charge is -2.28. The molecular formula is C17H17BrF2N2O3. The van der Waals surface area contributed by atoms with Gasteiger partial charge in [0.05, 0.1) is 17.1 Å². The third-order valence-corrected chi connectivity index (χ3v) is 3.68. The molecule has 0 heterocycles. The molecule has 0 spiro atoms. The number of halogens is 3. The molecular weight excluding hydrogens is 398 g/mol. The minimum atomic E-state index is -0.915. The van der Waals surface area contributed by atoms with Crippen molar-refractivity contribution in [2.45, 2.75) is 26.4 Å². The predicted molar refractivity (Wildman–Crippen MR) is 94.3 cm³/mol. The summed E-state index contributed by atoms with van der Waals surface area (Å²) in [6.45, 7) is 5.04. The quantitative estimate of drug-likeness (QED) is 0.641. The molecule has 0 bridgehead atoms. The first-order chi connectivity index (χ1) is 11.6. The third kappa shape index (κ3) is 4.67. The maximum Gasteiger partial charge on any atom is 0.419 e. The fourth-order valence-corrected chi connectivity index (χ4v) is 2.61. The second-order valence-corrected chi connectivity index (χ2v) is 7.04. The molecule has 8 heteroatoms. The number of hydrogen-bond donors (Lipinski definition) is 2. The molecule has 0 fully saturated rings. The standard InChI is InChI=1S/C17H17BrF2N2O3/c1-17(2,3)25-16(23)22(15-6-4-10(19)8-13(15)20)14-7-5-11(21-24)9-12(14)18/h4-9,21,24H,1-3H3. The topological polar surface area (TPSA) is 61.8 Å². The minimum absolute atomic E-state index is 0.166. The average Bonchev–Trinajstić information content (AvgIpc) is 2.49. The van der Waals surface area contributed by atoms with Crippen molar-refractivity contribution in [1.29, 1.82) is 0 Å². The summed E-state index contributed by atoms with van der Waals surface area (Å²) in [6, 6.07) is 7.35. The van der Waals surface area contributed by atoms with Gasteiger partial charge in [-0.05, 0) is 67.0 Å². The van der Waals surface area contributed by atoms with Crippen LogP contribution >= 0.6 is 15.9 Å². The largest absolute Gasteiger partial charge is 0.443 e. The average molecular weight is 415 g/mol. The Hall–Kier alpha value is -2.19. The zero-order chi connectivity index (χ0) is 18.8. The normalized spacial score (nSPS) is 11.2.